The van der Waals surface area contributed by atoms with Gasteiger partial charge in [0.1, 0.15) is 30.2 Å². The predicted octanol–water partition coefficient (Wildman–Crippen LogP) is 0.985. The molecule has 10 nitrogen and oxygen atoms in total. The number of carbonyl (C=O) groups is 1. The number of aliphatic hydroxyl groups is 4. The fraction of sp³-hybridized carbons (Fsp3) is 0.304. The Hall–Kier alpha value is -2.71. The topological polar surface area (TPSA) is 149 Å². The molecule has 0 spiro atoms. The van der Waals surface area contributed by atoms with Crippen LogP contribution in [0.2, 0.25) is 0 Å². The summed E-state index contributed by atoms with van der Waals surface area (Å²) in [6.07, 6.45) is -5.49. The minimum Gasteiger partial charge on any atom is -0.508 e. The highest BCUT2D eigenvalue weighted by Gasteiger charge is 2.45. The Bertz CT molecular complexity index is 1140. The first-order valence-electron chi connectivity index (χ1n) is 10.5. The van der Waals surface area contributed by atoms with E-state index in [1.807, 2.05) is 0 Å². The first-order valence-corrected chi connectivity index (χ1v) is 11.7. The smallest absolute Gasteiger partial charge is 0.270 e. The average molecular weight is 522 g/mol. The van der Waals surface area contributed by atoms with Crippen LogP contribution in [-0.2, 0) is 9.53 Å². The molecule has 1 amide bonds. The number of aliphatic hydroxyl groups excluding tert-OH is 4. The number of anilines is 1. The number of thiocarbonyl (C=S) groups is 1. The van der Waals surface area contributed by atoms with E-state index in [1.165, 1.54) is 30.2 Å². The molecule has 2 saturated heterocycles. The second kappa shape index (κ2) is 10.5. The molecule has 2 fully saturated rings. The van der Waals surface area contributed by atoms with Gasteiger partial charge in [-0.3, -0.25) is 9.69 Å². The van der Waals surface area contributed by atoms with Crippen LogP contribution >= 0.6 is 24.0 Å². The third kappa shape index (κ3) is 5.14. The molecule has 0 radical (unpaired) electrons. The first kappa shape index (κ1) is 25.4. The highest BCUT2D eigenvalue weighted by molar-refractivity contribution is 8.27. The quantitative estimate of drug-likeness (QED) is 0.274. The van der Waals surface area contributed by atoms with Crippen molar-refractivity contribution >= 4 is 46.0 Å². The molecule has 0 bridgehead atoms. The molecule has 2 aliphatic rings. The molecule has 0 saturated carbocycles. The van der Waals surface area contributed by atoms with Gasteiger partial charge in [-0.2, -0.15) is 0 Å². The molecule has 4 rings (SSSR count). The highest BCUT2D eigenvalue weighted by Crippen LogP contribution is 2.38. The van der Waals surface area contributed by atoms with Gasteiger partial charge in [-0.15, -0.1) is 0 Å². The molecule has 0 aliphatic carbocycles. The lowest BCUT2D eigenvalue weighted by molar-refractivity contribution is -0.277. The lowest BCUT2D eigenvalue weighted by Crippen LogP contribution is -2.60. The van der Waals surface area contributed by atoms with Crippen LogP contribution in [0.3, 0.4) is 0 Å². The molecule has 35 heavy (non-hydrogen) atoms. The zero-order valence-corrected chi connectivity index (χ0v) is 20.0. The number of ether oxygens (including phenoxy) is 3. The fourth-order valence-electron chi connectivity index (χ4n) is 3.60. The van der Waals surface area contributed by atoms with Crippen LogP contribution in [0.5, 0.6) is 17.2 Å². The Balaban J connectivity index is 1.54. The number of carbonyl (C=O) groups excluding carboxylic acids is 1. The Morgan fingerprint density at radius 1 is 1.09 bits per heavy atom. The van der Waals surface area contributed by atoms with Crippen molar-refractivity contribution in [3.05, 3.63) is 52.9 Å². The summed E-state index contributed by atoms with van der Waals surface area (Å²) in [5, 5.41) is 48.9. The zero-order valence-electron chi connectivity index (χ0n) is 18.3. The summed E-state index contributed by atoms with van der Waals surface area (Å²) in [7, 11) is 1.41. The maximum absolute atomic E-state index is 13.0. The minimum atomic E-state index is -1.58. The summed E-state index contributed by atoms with van der Waals surface area (Å²) in [5.74, 6) is 0.189. The van der Waals surface area contributed by atoms with E-state index in [1.54, 1.807) is 30.3 Å². The van der Waals surface area contributed by atoms with E-state index in [4.69, 9.17) is 26.4 Å². The van der Waals surface area contributed by atoms with E-state index in [-0.39, 0.29) is 23.2 Å². The van der Waals surface area contributed by atoms with Crippen LogP contribution in [0.1, 0.15) is 5.56 Å². The highest BCUT2D eigenvalue weighted by atomic mass is 32.2. The molecule has 12 heteroatoms. The monoisotopic (exact) mass is 521 g/mol. The van der Waals surface area contributed by atoms with Crippen molar-refractivity contribution in [2.24, 2.45) is 0 Å². The molecule has 186 valence electrons. The predicted molar refractivity (Wildman–Crippen MR) is 131 cm³/mol. The van der Waals surface area contributed by atoms with Gasteiger partial charge in [0, 0.05) is 0 Å². The summed E-state index contributed by atoms with van der Waals surface area (Å²) in [6, 6.07) is 10.9. The van der Waals surface area contributed by atoms with Crippen molar-refractivity contribution in [1.29, 1.82) is 0 Å². The summed E-state index contributed by atoms with van der Waals surface area (Å²) >= 11 is 6.49. The fourth-order valence-corrected chi connectivity index (χ4v) is 4.90. The van der Waals surface area contributed by atoms with Gasteiger partial charge in [0.05, 0.1) is 24.3 Å². The van der Waals surface area contributed by atoms with Gasteiger partial charge in [0.25, 0.3) is 5.91 Å². The number of methoxy groups -OCH3 is 1. The number of hydrogen-bond donors (Lipinski definition) is 5. The van der Waals surface area contributed by atoms with Crippen molar-refractivity contribution in [3.8, 4) is 17.2 Å². The van der Waals surface area contributed by atoms with Crippen LogP contribution < -0.4 is 14.4 Å². The number of nitrogens with zero attached hydrogens (tertiary/aromatic N) is 1. The molecule has 2 aromatic carbocycles. The van der Waals surface area contributed by atoms with Gasteiger partial charge in [-0.1, -0.05) is 30.0 Å². The molecule has 0 unspecified atom stereocenters. The van der Waals surface area contributed by atoms with Crippen molar-refractivity contribution in [2.45, 2.75) is 30.7 Å². The Labute approximate surface area is 210 Å². The zero-order chi connectivity index (χ0) is 25.3. The van der Waals surface area contributed by atoms with Gasteiger partial charge in [-0.05, 0) is 48.0 Å². The number of hydrogen-bond acceptors (Lipinski definition) is 11. The first-order chi connectivity index (χ1) is 16.7. The summed E-state index contributed by atoms with van der Waals surface area (Å²) in [4.78, 5) is 14.7. The van der Waals surface area contributed by atoms with E-state index in [0.29, 0.717) is 20.5 Å². The Morgan fingerprint density at radius 2 is 1.80 bits per heavy atom. The van der Waals surface area contributed by atoms with Gasteiger partial charge in [0.15, 0.2) is 15.8 Å². The van der Waals surface area contributed by atoms with Crippen molar-refractivity contribution < 1.29 is 44.5 Å². The van der Waals surface area contributed by atoms with Crippen molar-refractivity contribution in [2.75, 3.05) is 18.6 Å². The number of phenolic OH excluding ortho intramolecular Hbond substituents is 1. The molecule has 2 aromatic rings. The molecular weight excluding hydrogens is 498 g/mol. The SMILES string of the molecule is COc1cc(/C=C2\SC(=S)N(c3ccc(O)cc3)C2=O)ccc1O[C@@H]1O[C@H](CO)[C@H](O)[C@H](O)[C@H]1O. The van der Waals surface area contributed by atoms with E-state index < -0.39 is 37.3 Å². The number of aromatic hydroxyl groups is 1. The molecule has 5 N–H and O–H groups in total. The third-order valence-corrected chi connectivity index (χ3v) is 6.78. The summed E-state index contributed by atoms with van der Waals surface area (Å²) < 4.78 is 16.8. The number of amides is 1. The molecular formula is C23H23NO9S2. The van der Waals surface area contributed by atoms with Gasteiger partial charge in [0.2, 0.25) is 6.29 Å². The van der Waals surface area contributed by atoms with Gasteiger partial charge >= 0.3 is 0 Å². The van der Waals surface area contributed by atoms with E-state index in [0.717, 1.165) is 11.8 Å². The average Bonchev–Trinajstić information content (AvgIpc) is 3.13. The Morgan fingerprint density at radius 3 is 2.46 bits per heavy atom. The molecule has 5 atom stereocenters. The van der Waals surface area contributed by atoms with Crippen LogP contribution in [0, 0.1) is 0 Å². The molecule has 2 heterocycles. The number of benzene rings is 2. The third-order valence-electron chi connectivity index (χ3n) is 5.48. The summed E-state index contributed by atoms with van der Waals surface area (Å²) in [5.41, 5.74) is 1.14. The maximum atomic E-state index is 13.0. The maximum Gasteiger partial charge on any atom is 0.270 e. The lowest BCUT2D eigenvalue weighted by Gasteiger charge is -2.39. The summed E-state index contributed by atoms with van der Waals surface area (Å²) in [6.45, 7) is -0.580. The normalized spacial score (nSPS) is 28.0. The number of phenols is 1. The number of thioether (sulfide) groups is 1. The largest absolute Gasteiger partial charge is 0.508 e. The molecule has 2 aliphatic heterocycles. The van der Waals surface area contributed by atoms with Crippen LogP contribution in [-0.4, -0.2) is 80.2 Å². The number of rotatable bonds is 6. The van der Waals surface area contributed by atoms with Crippen molar-refractivity contribution in [1.82, 2.24) is 0 Å². The van der Waals surface area contributed by atoms with Gasteiger partial charge < -0.3 is 39.7 Å². The van der Waals surface area contributed by atoms with Crippen molar-refractivity contribution in [3.63, 3.8) is 0 Å². The van der Waals surface area contributed by atoms with E-state index in [2.05, 4.69) is 0 Å². The van der Waals surface area contributed by atoms with E-state index >= 15 is 0 Å². The second-order valence-electron chi connectivity index (χ2n) is 7.76. The van der Waals surface area contributed by atoms with Gasteiger partial charge in [-0.25, -0.2) is 0 Å². The van der Waals surface area contributed by atoms with Crippen LogP contribution in [0.4, 0.5) is 5.69 Å². The van der Waals surface area contributed by atoms with Crippen LogP contribution in [0.15, 0.2) is 47.4 Å². The minimum absolute atomic E-state index is 0.0767. The second-order valence-corrected chi connectivity index (χ2v) is 9.43. The standard InChI is InChI=1S/C23H23NO9S2/c1-31-15-8-11(2-7-14(15)32-22-20(29)19(28)18(27)16(10-25)33-22)9-17-21(30)24(23(34)35-17)12-3-5-13(26)6-4-12/h2-9,16,18-20,22,25-29H,10H2,1H3/b17-9-/t16-,18+,19+,20-,22-/m1/s1. The van der Waals surface area contributed by atoms with Crippen LogP contribution in [0.25, 0.3) is 6.08 Å². The van der Waals surface area contributed by atoms with E-state index in [9.17, 15) is 30.3 Å². The lowest BCUT2D eigenvalue weighted by atomic mass is 9.99. The molecule has 0 aromatic heterocycles. The Kier molecular flexibility index (Phi) is 7.62.